The van der Waals surface area contributed by atoms with E-state index in [0.717, 1.165) is 20.1 Å². The van der Waals surface area contributed by atoms with Gasteiger partial charge < -0.3 is 10.0 Å². The zero-order chi connectivity index (χ0) is 21.5. The van der Waals surface area contributed by atoms with Crippen molar-refractivity contribution in [3.05, 3.63) is 97.9 Å². The first kappa shape index (κ1) is 21.0. The monoisotopic (exact) mass is 527 g/mol. The average molecular weight is 529 g/mol. The van der Waals surface area contributed by atoms with Crippen molar-refractivity contribution in [2.24, 2.45) is 0 Å². The van der Waals surface area contributed by atoms with Gasteiger partial charge >= 0.3 is 0 Å². The van der Waals surface area contributed by atoms with Crippen LogP contribution in [0.2, 0.25) is 0 Å². The summed E-state index contributed by atoms with van der Waals surface area (Å²) in [5.41, 5.74) is 1.59. The zero-order valence-corrected chi connectivity index (χ0v) is 19.4. The molecule has 0 saturated carbocycles. The average Bonchev–Trinajstić information content (AvgIpc) is 2.91. The molecule has 1 N–H and O–H groups in total. The lowest BCUT2D eigenvalue weighted by Gasteiger charge is -2.23. The Kier molecular flexibility index (Phi) is 5.66. The molecule has 4 nitrogen and oxygen atoms in total. The molecule has 0 aromatic heterocycles. The fraction of sp³-hybridized carbons (Fsp3) is 0.167. The minimum absolute atomic E-state index is 0.276. The smallest absolute Gasteiger partial charge is 0.264 e. The van der Waals surface area contributed by atoms with Gasteiger partial charge in [0.15, 0.2) is 11.4 Å². The van der Waals surface area contributed by atoms with Gasteiger partial charge in [-0.1, -0.05) is 73.8 Å². The molecule has 3 aromatic rings. The number of Topliss-reactive ketones (excluding diaryl/α,β-unsaturated/α-hetero) is 1. The molecule has 0 bridgehead atoms. The molecule has 0 saturated heterocycles. The number of halogens is 2. The lowest BCUT2D eigenvalue weighted by molar-refractivity contribution is -0.136. The molecule has 0 radical (unpaired) electrons. The van der Waals surface area contributed by atoms with E-state index in [2.05, 4.69) is 31.9 Å². The van der Waals surface area contributed by atoms with Gasteiger partial charge in [0.2, 0.25) is 0 Å². The molecule has 0 spiro atoms. The number of hydrogen-bond donors (Lipinski definition) is 1. The van der Waals surface area contributed by atoms with Crippen LogP contribution >= 0.6 is 31.9 Å². The van der Waals surface area contributed by atoms with Gasteiger partial charge in [-0.15, -0.1) is 0 Å². The third kappa shape index (κ3) is 3.87. The molecule has 1 heterocycles. The molecular weight excluding hydrogens is 510 g/mol. The molecule has 1 aliphatic heterocycles. The van der Waals surface area contributed by atoms with Gasteiger partial charge in [-0.25, -0.2) is 0 Å². The van der Waals surface area contributed by atoms with E-state index in [1.807, 2.05) is 49.4 Å². The van der Waals surface area contributed by atoms with Crippen molar-refractivity contribution in [1.29, 1.82) is 0 Å². The Bertz CT molecular complexity index is 1130. The highest BCUT2D eigenvalue weighted by molar-refractivity contribution is 9.10. The Hall–Kier alpha value is -2.28. The summed E-state index contributed by atoms with van der Waals surface area (Å²) in [7, 11) is 0. The van der Waals surface area contributed by atoms with Gasteiger partial charge in [0.1, 0.15) is 0 Å². The van der Waals surface area contributed by atoms with Crippen LogP contribution in [0.15, 0.2) is 75.7 Å². The number of carbonyl (C=O) groups is 2. The topological polar surface area (TPSA) is 57.6 Å². The maximum absolute atomic E-state index is 13.4. The van der Waals surface area contributed by atoms with Crippen LogP contribution < -0.4 is 4.90 Å². The largest absolute Gasteiger partial charge is 0.375 e. The van der Waals surface area contributed by atoms with Crippen molar-refractivity contribution in [2.75, 3.05) is 4.90 Å². The Labute approximate surface area is 191 Å². The van der Waals surface area contributed by atoms with Crippen molar-refractivity contribution in [3.8, 4) is 0 Å². The van der Waals surface area contributed by atoms with Gasteiger partial charge in [-0.05, 0) is 42.8 Å². The maximum Gasteiger partial charge on any atom is 0.264 e. The van der Waals surface area contributed by atoms with Crippen molar-refractivity contribution in [3.63, 3.8) is 0 Å². The summed E-state index contributed by atoms with van der Waals surface area (Å²) >= 11 is 6.83. The molecule has 0 fully saturated rings. The molecule has 1 amide bonds. The normalized spacial score (nSPS) is 17.9. The number of nitrogens with zero attached hydrogens (tertiary/aromatic N) is 1. The van der Waals surface area contributed by atoms with Gasteiger partial charge in [-0.3, -0.25) is 9.59 Å². The summed E-state index contributed by atoms with van der Waals surface area (Å²) in [6, 6.07) is 20.1. The number of anilines is 1. The molecule has 4 rings (SSSR count). The molecular formula is C24H19Br2NO3. The highest BCUT2D eigenvalue weighted by Gasteiger charge is 2.51. The van der Waals surface area contributed by atoms with E-state index in [0.29, 0.717) is 23.4 Å². The van der Waals surface area contributed by atoms with Gasteiger partial charge in [-0.2, -0.15) is 0 Å². The molecule has 6 heteroatoms. The SMILES string of the molecule is Cc1ccc(C(=O)CC2(O)C(=O)N(Cc3ccc(Br)cc3)c3ccc(Br)cc32)cc1. The number of amides is 1. The van der Waals surface area contributed by atoms with Crippen molar-refractivity contribution < 1.29 is 14.7 Å². The second kappa shape index (κ2) is 8.10. The number of aryl methyl sites for hydroxylation is 1. The summed E-state index contributed by atoms with van der Waals surface area (Å²) in [6.07, 6.45) is -0.310. The van der Waals surface area contributed by atoms with Crippen LogP contribution in [0.3, 0.4) is 0 Å². The fourth-order valence-corrected chi connectivity index (χ4v) is 4.32. The van der Waals surface area contributed by atoms with Crippen molar-refractivity contribution >= 4 is 49.2 Å². The number of hydrogen-bond acceptors (Lipinski definition) is 3. The number of carbonyl (C=O) groups excluding carboxylic acids is 2. The third-order valence-electron chi connectivity index (χ3n) is 5.34. The van der Waals surface area contributed by atoms with Gasteiger partial charge in [0.25, 0.3) is 5.91 Å². The van der Waals surface area contributed by atoms with E-state index in [-0.39, 0.29) is 12.2 Å². The Morgan fingerprint density at radius 1 is 0.967 bits per heavy atom. The van der Waals surface area contributed by atoms with Crippen molar-refractivity contribution in [1.82, 2.24) is 0 Å². The first-order valence-corrected chi connectivity index (χ1v) is 11.1. The van der Waals surface area contributed by atoms with E-state index in [4.69, 9.17) is 0 Å². The van der Waals surface area contributed by atoms with E-state index in [9.17, 15) is 14.7 Å². The van der Waals surface area contributed by atoms with Crippen LogP contribution in [-0.2, 0) is 16.9 Å². The highest BCUT2D eigenvalue weighted by Crippen LogP contribution is 2.44. The summed E-state index contributed by atoms with van der Waals surface area (Å²) < 4.78 is 1.68. The molecule has 0 aliphatic carbocycles. The fourth-order valence-electron chi connectivity index (χ4n) is 3.70. The highest BCUT2D eigenvalue weighted by atomic mass is 79.9. The van der Waals surface area contributed by atoms with Crippen LogP contribution in [0.25, 0.3) is 0 Å². The molecule has 1 aliphatic rings. The lowest BCUT2D eigenvalue weighted by atomic mass is 9.88. The predicted molar refractivity (Wildman–Crippen MR) is 123 cm³/mol. The molecule has 3 aromatic carbocycles. The Morgan fingerprint density at radius 2 is 1.60 bits per heavy atom. The predicted octanol–water partition coefficient (Wildman–Crippen LogP) is 5.53. The number of fused-ring (bicyclic) bond motifs is 1. The Balaban J connectivity index is 1.70. The first-order valence-electron chi connectivity index (χ1n) is 9.46. The van der Waals surface area contributed by atoms with E-state index >= 15 is 0 Å². The van der Waals surface area contributed by atoms with Crippen LogP contribution in [0.1, 0.15) is 33.5 Å². The van der Waals surface area contributed by atoms with E-state index in [1.165, 1.54) is 0 Å². The standard InChI is InChI=1S/C24H19Br2NO3/c1-15-2-6-17(7-3-15)22(28)13-24(30)20-12-19(26)10-11-21(20)27(23(24)29)14-16-4-8-18(25)9-5-16/h2-12,30H,13-14H2,1H3. The minimum Gasteiger partial charge on any atom is -0.375 e. The summed E-state index contributed by atoms with van der Waals surface area (Å²) in [5.74, 6) is -0.763. The molecule has 1 unspecified atom stereocenters. The van der Waals surface area contributed by atoms with Crippen LogP contribution in [-0.4, -0.2) is 16.8 Å². The summed E-state index contributed by atoms with van der Waals surface area (Å²) in [5, 5.41) is 11.5. The number of aliphatic hydroxyl groups is 1. The number of ketones is 1. The second-order valence-electron chi connectivity index (χ2n) is 7.51. The Morgan fingerprint density at radius 3 is 2.27 bits per heavy atom. The van der Waals surface area contributed by atoms with Crippen LogP contribution in [0.5, 0.6) is 0 Å². The molecule has 1 atom stereocenters. The van der Waals surface area contributed by atoms with Gasteiger partial charge in [0.05, 0.1) is 18.7 Å². The van der Waals surface area contributed by atoms with E-state index in [1.54, 1.807) is 29.2 Å². The lowest BCUT2D eigenvalue weighted by Crippen LogP contribution is -2.41. The minimum atomic E-state index is -1.91. The quantitative estimate of drug-likeness (QED) is 0.443. The van der Waals surface area contributed by atoms with Crippen LogP contribution in [0, 0.1) is 6.92 Å². The number of benzene rings is 3. The zero-order valence-electron chi connectivity index (χ0n) is 16.2. The molecule has 152 valence electrons. The second-order valence-corrected chi connectivity index (χ2v) is 9.34. The molecule has 30 heavy (non-hydrogen) atoms. The maximum atomic E-state index is 13.4. The first-order chi connectivity index (χ1) is 14.3. The summed E-state index contributed by atoms with van der Waals surface area (Å²) in [6.45, 7) is 2.25. The number of rotatable bonds is 5. The van der Waals surface area contributed by atoms with Gasteiger partial charge in [0, 0.05) is 20.1 Å². The summed E-state index contributed by atoms with van der Waals surface area (Å²) in [4.78, 5) is 27.8. The van der Waals surface area contributed by atoms with Crippen LogP contribution in [0.4, 0.5) is 5.69 Å². The van der Waals surface area contributed by atoms with Crippen molar-refractivity contribution in [2.45, 2.75) is 25.5 Å². The third-order valence-corrected chi connectivity index (χ3v) is 6.36. The van der Waals surface area contributed by atoms with E-state index < -0.39 is 11.5 Å².